The Morgan fingerprint density at radius 1 is 1.11 bits per heavy atom. The molecule has 0 unspecified atom stereocenters. The Hall–Kier alpha value is -0.570. The summed E-state index contributed by atoms with van der Waals surface area (Å²) in [5.41, 5.74) is 2.42. The minimum Gasteiger partial charge on any atom is -0.462 e. The van der Waals surface area contributed by atoms with Crippen molar-refractivity contribution in [2.75, 3.05) is 5.33 Å². The first-order chi connectivity index (χ1) is 16.6. The largest absolute Gasteiger partial charge is 0.462 e. The molecule has 0 spiro atoms. The predicted molar refractivity (Wildman–Crippen MR) is 150 cm³/mol. The second-order valence-electron chi connectivity index (χ2n) is 13.3. The zero-order valence-electron chi connectivity index (χ0n) is 23.3. The summed E-state index contributed by atoms with van der Waals surface area (Å²) in [5.74, 6) is 5.45. The van der Waals surface area contributed by atoms with Crippen molar-refractivity contribution in [2.24, 2.45) is 52.3 Å². The summed E-state index contributed by atoms with van der Waals surface area (Å²) in [6.07, 6.45) is 19.6. The third-order valence-corrected chi connectivity index (χ3v) is 11.7. The molecule has 0 aromatic carbocycles. The summed E-state index contributed by atoms with van der Waals surface area (Å²) in [7, 11) is 0. The lowest BCUT2D eigenvalue weighted by Crippen LogP contribution is -2.51. The van der Waals surface area contributed by atoms with E-state index in [4.69, 9.17) is 4.74 Å². The smallest absolute Gasteiger partial charge is 0.306 e. The number of halogens is 1. The maximum Gasteiger partial charge on any atom is 0.306 e. The highest BCUT2D eigenvalue weighted by atomic mass is 79.9. The maximum absolute atomic E-state index is 12.1. The van der Waals surface area contributed by atoms with Gasteiger partial charge in [0.2, 0.25) is 0 Å². The standard InChI is InChI=1S/C32H51BrO2/c1-7-23(21(2)3)9-8-22(4)27-12-13-28-26-11-10-24-20-25(35-30(34)16-19-33)14-17-31(24,5)29(26)15-18-32(27,28)6/h8-10,21-23,25-29H,7,11-20H2,1-6H3/t22-,23-,25+,26+,27-,28+,29+,31+,32-/m1/s1. The minimum absolute atomic E-state index is 0.0444. The molecule has 0 N–H and O–H groups in total. The van der Waals surface area contributed by atoms with Gasteiger partial charge < -0.3 is 4.74 Å². The fraction of sp³-hybridized carbons (Fsp3) is 0.844. The Kier molecular flexibility index (Phi) is 8.66. The second kappa shape index (κ2) is 11.0. The van der Waals surface area contributed by atoms with Crippen LogP contribution in [0.4, 0.5) is 0 Å². The molecule has 3 saturated carbocycles. The average Bonchev–Trinajstić information content (AvgIpc) is 3.17. The Balaban J connectivity index is 1.46. The van der Waals surface area contributed by atoms with Gasteiger partial charge in [-0.15, -0.1) is 0 Å². The Labute approximate surface area is 224 Å². The van der Waals surface area contributed by atoms with Crippen LogP contribution < -0.4 is 0 Å². The van der Waals surface area contributed by atoms with Crippen molar-refractivity contribution in [1.29, 1.82) is 0 Å². The summed E-state index contributed by atoms with van der Waals surface area (Å²) in [6.45, 7) is 14.8. The number of hydrogen-bond donors (Lipinski definition) is 0. The van der Waals surface area contributed by atoms with Crippen LogP contribution in [0, 0.1) is 52.3 Å². The number of carbonyl (C=O) groups is 1. The number of esters is 1. The van der Waals surface area contributed by atoms with Gasteiger partial charge in [0.15, 0.2) is 0 Å². The number of alkyl halides is 1. The molecule has 0 amide bonds. The lowest BCUT2D eigenvalue weighted by atomic mass is 9.47. The molecule has 0 aliphatic heterocycles. The quantitative estimate of drug-likeness (QED) is 0.172. The SMILES string of the molecule is CC[C@H](C=C[C@@H](C)[C@H]1CC[C@H]2[C@@H]3CC=C4C[C@@H](OC(=O)CCBr)CC[C@]4(C)[C@H]3CC[C@]12C)C(C)C. The third-order valence-electron chi connectivity index (χ3n) is 11.4. The van der Waals surface area contributed by atoms with E-state index in [9.17, 15) is 4.79 Å². The van der Waals surface area contributed by atoms with E-state index in [-0.39, 0.29) is 12.1 Å². The topological polar surface area (TPSA) is 26.3 Å². The molecule has 0 saturated heterocycles. The molecule has 198 valence electrons. The van der Waals surface area contributed by atoms with E-state index in [1.165, 1.54) is 44.9 Å². The third kappa shape index (κ3) is 5.23. The van der Waals surface area contributed by atoms with E-state index in [1.54, 1.807) is 5.57 Å². The van der Waals surface area contributed by atoms with Gasteiger partial charge in [0.25, 0.3) is 0 Å². The molecule has 4 aliphatic carbocycles. The van der Waals surface area contributed by atoms with Crippen LogP contribution >= 0.6 is 15.9 Å². The normalized spacial score (nSPS) is 40.6. The number of carbonyl (C=O) groups excluding carboxylic acids is 1. The van der Waals surface area contributed by atoms with Gasteiger partial charge in [-0.25, -0.2) is 0 Å². The zero-order chi connectivity index (χ0) is 25.4. The Morgan fingerprint density at radius 2 is 1.89 bits per heavy atom. The van der Waals surface area contributed by atoms with Gasteiger partial charge in [-0.05, 0) is 104 Å². The number of allylic oxidation sites excluding steroid dienone is 3. The molecule has 0 heterocycles. The number of fused-ring (bicyclic) bond motifs is 5. The van der Waals surface area contributed by atoms with Gasteiger partial charge in [0.1, 0.15) is 6.10 Å². The van der Waals surface area contributed by atoms with E-state index in [0.29, 0.717) is 34.4 Å². The zero-order valence-corrected chi connectivity index (χ0v) is 24.9. The van der Waals surface area contributed by atoms with Gasteiger partial charge in [0, 0.05) is 11.8 Å². The molecule has 35 heavy (non-hydrogen) atoms. The first-order valence-corrected chi connectivity index (χ1v) is 15.9. The molecular formula is C32H51BrO2. The van der Waals surface area contributed by atoms with Gasteiger partial charge in [-0.1, -0.05) is 81.3 Å². The summed E-state index contributed by atoms with van der Waals surface area (Å²) in [6, 6.07) is 0. The lowest BCUT2D eigenvalue weighted by molar-refractivity contribution is -0.151. The van der Waals surface area contributed by atoms with Crippen molar-refractivity contribution < 1.29 is 9.53 Å². The van der Waals surface area contributed by atoms with E-state index in [0.717, 1.165) is 42.4 Å². The van der Waals surface area contributed by atoms with Crippen molar-refractivity contribution in [3.05, 3.63) is 23.8 Å². The molecule has 0 radical (unpaired) electrons. The van der Waals surface area contributed by atoms with Gasteiger partial charge in [-0.2, -0.15) is 0 Å². The fourth-order valence-electron chi connectivity index (χ4n) is 9.24. The number of rotatable bonds is 8. The molecule has 0 aromatic rings. The molecule has 9 atom stereocenters. The average molecular weight is 548 g/mol. The highest BCUT2D eigenvalue weighted by molar-refractivity contribution is 9.09. The molecule has 0 aromatic heterocycles. The molecular weight excluding hydrogens is 496 g/mol. The van der Waals surface area contributed by atoms with Crippen molar-refractivity contribution in [1.82, 2.24) is 0 Å². The van der Waals surface area contributed by atoms with E-state index >= 15 is 0 Å². The molecule has 0 bridgehead atoms. The van der Waals surface area contributed by atoms with E-state index < -0.39 is 0 Å². The van der Waals surface area contributed by atoms with Gasteiger partial charge in [0.05, 0.1) is 6.42 Å². The number of hydrogen-bond acceptors (Lipinski definition) is 2. The molecule has 4 rings (SSSR count). The molecule has 2 nitrogen and oxygen atoms in total. The lowest BCUT2D eigenvalue weighted by Gasteiger charge is -2.58. The first-order valence-electron chi connectivity index (χ1n) is 14.8. The Morgan fingerprint density at radius 3 is 2.57 bits per heavy atom. The summed E-state index contributed by atoms with van der Waals surface area (Å²) >= 11 is 3.36. The second-order valence-corrected chi connectivity index (χ2v) is 14.1. The molecule has 3 fully saturated rings. The van der Waals surface area contributed by atoms with Crippen LogP contribution in [-0.4, -0.2) is 17.4 Å². The van der Waals surface area contributed by atoms with Crippen LogP contribution in [0.2, 0.25) is 0 Å². The summed E-state index contributed by atoms with van der Waals surface area (Å²) in [5, 5.41) is 0.690. The van der Waals surface area contributed by atoms with Gasteiger partial charge >= 0.3 is 5.97 Å². The number of ether oxygens (including phenoxy) is 1. The first kappa shape index (κ1) is 27.5. The minimum atomic E-state index is -0.0444. The van der Waals surface area contributed by atoms with Crippen molar-refractivity contribution in [2.45, 2.75) is 112 Å². The van der Waals surface area contributed by atoms with Crippen molar-refractivity contribution in [3.63, 3.8) is 0 Å². The van der Waals surface area contributed by atoms with Crippen LogP contribution in [0.25, 0.3) is 0 Å². The summed E-state index contributed by atoms with van der Waals surface area (Å²) < 4.78 is 5.83. The maximum atomic E-state index is 12.1. The van der Waals surface area contributed by atoms with E-state index in [2.05, 4.69) is 75.7 Å². The fourth-order valence-corrected chi connectivity index (χ4v) is 9.56. The van der Waals surface area contributed by atoms with Gasteiger partial charge in [-0.3, -0.25) is 4.79 Å². The highest BCUT2D eigenvalue weighted by Gasteiger charge is 2.59. The van der Waals surface area contributed by atoms with Crippen LogP contribution in [0.1, 0.15) is 106 Å². The highest BCUT2D eigenvalue weighted by Crippen LogP contribution is 2.67. The van der Waals surface area contributed by atoms with Crippen molar-refractivity contribution in [3.8, 4) is 0 Å². The van der Waals surface area contributed by atoms with Crippen LogP contribution in [-0.2, 0) is 9.53 Å². The van der Waals surface area contributed by atoms with Crippen LogP contribution in [0.3, 0.4) is 0 Å². The summed E-state index contributed by atoms with van der Waals surface area (Å²) in [4.78, 5) is 12.1. The van der Waals surface area contributed by atoms with Crippen molar-refractivity contribution >= 4 is 21.9 Å². The van der Waals surface area contributed by atoms with E-state index in [1.807, 2.05) is 0 Å². The van der Waals surface area contributed by atoms with Crippen LogP contribution in [0.15, 0.2) is 23.8 Å². The van der Waals surface area contributed by atoms with Crippen LogP contribution in [0.5, 0.6) is 0 Å². The predicted octanol–water partition coefficient (Wildman–Crippen LogP) is 9.14. The molecule has 4 aliphatic rings. The Bertz CT molecular complexity index is 814. The monoisotopic (exact) mass is 546 g/mol. The molecule has 3 heteroatoms.